The molecular formula is C25H31ClN2O4S. The molecule has 0 spiro atoms. The second kappa shape index (κ2) is 9.65. The van der Waals surface area contributed by atoms with Crippen LogP contribution in [-0.4, -0.2) is 37.3 Å². The van der Waals surface area contributed by atoms with E-state index in [1.54, 1.807) is 0 Å². The van der Waals surface area contributed by atoms with Crippen molar-refractivity contribution in [1.82, 2.24) is 9.62 Å². The minimum atomic E-state index is -3.67. The SMILES string of the molecule is CCC1(CC)C[C@@H](NC(=O)c2cc(S(=O)(=O)N3CCCCC3)ccc2Cl)c2ccccc2O1. The van der Waals surface area contributed by atoms with Gasteiger partial charge in [0.15, 0.2) is 0 Å². The number of halogens is 1. The third-order valence-corrected chi connectivity index (χ3v) is 9.15. The summed E-state index contributed by atoms with van der Waals surface area (Å²) in [5, 5.41) is 3.33. The quantitative estimate of drug-likeness (QED) is 0.594. The molecule has 0 saturated carbocycles. The van der Waals surface area contributed by atoms with E-state index in [1.807, 2.05) is 24.3 Å². The number of nitrogens with one attached hydrogen (secondary N) is 1. The van der Waals surface area contributed by atoms with Crippen LogP contribution in [-0.2, 0) is 10.0 Å². The van der Waals surface area contributed by atoms with E-state index < -0.39 is 15.9 Å². The molecule has 4 rings (SSSR count). The number of hydrogen-bond acceptors (Lipinski definition) is 4. The molecule has 0 aromatic heterocycles. The normalized spacial score (nSPS) is 20.5. The summed E-state index contributed by atoms with van der Waals surface area (Å²) in [4.78, 5) is 13.4. The number of carbonyl (C=O) groups excluding carboxylic acids is 1. The maximum Gasteiger partial charge on any atom is 0.253 e. The van der Waals surface area contributed by atoms with Gasteiger partial charge in [-0.1, -0.05) is 50.1 Å². The molecule has 0 bridgehead atoms. The number of para-hydroxylation sites is 1. The Labute approximate surface area is 201 Å². The Bertz CT molecular complexity index is 1120. The second-order valence-corrected chi connectivity index (χ2v) is 11.2. The van der Waals surface area contributed by atoms with Crippen LogP contribution in [0.25, 0.3) is 0 Å². The van der Waals surface area contributed by atoms with Gasteiger partial charge in [0.25, 0.3) is 5.91 Å². The van der Waals surface area contributed by atoms with Gasteiger partial charge in [-0.25, -0.2) is 8.42 Å². The summed E-state index contributed by atoms with van der Waals surface area (Å²) in [6.45, 7) is 5.17. The zero-order valence-corrected chi connectivity index (χ0v) is 20.7. The predicted molar refractivity (Wildman–Crippen MR) is 129 cm³/mol. The zero-order chi connectivity index (χ0) is 23.6. The molecule has 2 aliphatic heterocycles. The molecule has 0 unspecified atom stereocenters. The van der Waals surface area contributed by atoms with Crippen molar-refractivity contribution in [2.75, 3.05) is 13.1 Å². The van der Waals surface area contributed by atoms with E-state index in [0.29, 0.717) is 19.5 Å². The highest BCUT2D eigenvalue weighted by Gasteiger charge is 2.39. The molecule has 1 saturated heterocycles. The number of amides is 1. The van der Waals surface area contributed by atoms with E-state index in [9.17, 15) is 13.2 Å². The van der Waals surface area contributed by atoms with E-state index in [2.05, 4.69) is 19.2 Å². The Morgan fingerprint density at radius 3 is 2.52 bits per heavy atom. The van der Waals surface area contributed by atoms with Crippen LogP contribution >= 0.6 is 11.6 Å². The van der Waals surface area contributed by atoms with Crippen LogP contribution in [0.3, 0.4) is 0 Å². The first kappa shape index (κ1) is 24.0. The number of benzene rings is 2. The largest absolute Gasteiger partial charge is 0.487 e. The van der Waals surface area contributed by atoms with Gasteiger partial charge >= 0.3 is 0 Å². The van der Waals surface area contributed by atoms with Gasteiger partial charge in [-0.2, -0.15) is 4.31 Å². The Morgan fingerprint density at radius 1 is 1.12 bits per heavy atom. The molecule has 2 aromatic rings. The number of rotatable bonds is 6. The fourth-order valence-corrected chi connectivity index (χ4v) is 6.51. The van der Waals surface area contributed by atoms with Gasteiger partial charge in [0, 0.05) is 25.1 Å². The number of sulfonamides is 1. The van der Waals surface area contributed by atoms with Crippen molar-refractivity contribution in [2.24, 2.45) is 0 Å². The zero-order valence-electron chi connectivity index (χ0n) is 19.1. The number of carbonyl (C=O) groups is 1. The predicted octanol–water partition coefficient (Wildman–Crippen LogP) is 5.33. The highest BCUT2D eigenvalue weighted by molar-refractivity contribution is 7.89. The van der Waals surface area contributed by atoms with Crippen LogP contribution in [0.4, 0.5) is 0 Å². The summed E-state index contributed by atoms with van der Waals surface area (Å²) in [6, 6.07) is 11.8. The lowest BCUT2D eigenvalue weighted by molar-refractivity contribution is 0.0227. The van der Waals surface area contributed by atoms with Crippen molar-refractivity contribution in [3.05, 3.63) is 58.6 Å². The number of nitrogens with zero attached hydrogens (tertiary/aromatic N) is 1. The van der Waals surface area contributed by atoms with Gasteiger partial charge < -0.3 is 10.1 Å². The summed E-state index contributed by atoms with van der Waals surface area (Å²) in [7, 11) is -3.67. The summed E-state index contributed by atoms with van der Waals surface area (Å²) in [5.74, 6) is 0.378. The fourth-order valence-electron chi connectivity index (χ4n) is 4.76. The van der Waals surface area contributed by atoms with Crippen molar-refractivity contribution < 1.29 is 17.9 Å². The van der Waals surface area contributed by atoms with Crippen LogP contribution < -0.4 is 10.1 Å². The molecule has 0 aliphatic carbocycles. The molecule has 1 amide bonds. The first-order valence-corrected chi connectivity index (χ1v) is 13.5. The van der Waals surface area contributed by atoms with E-state index in [-0.39, 0.29) is 27.1 Å². The van der Waals surface area contributed by atoms with Gasteiger partial charge in [0.05, 0.1) is 21.5 Å². The average Bonchev–Trinajstić information content (AvgIpc) is 2.84. The van der Waals surface area contributed by atoms with Crippen LogP contribution in [0.1, 0.15) is 74.3 Å². The van der Waals surface area contributed by atoms with Crippen molar-refractivity contribution in [3.8, 4) is 5.75 Å². The van der Waals surface area contributed by atoms with Crippen LogP contribution in [0.15, 0.2) is 47.4 Å². The molecule has 2 aliphatic rings. The Kier molecular flexibility index (Phi) is 7.03. The Morgan fingerprint density at radius 2 is 1.82 bits per heavy atom. The molecule has 1 fully saturated rings. The van der Waals surface area contributed by atoms with Crippen molar-refractivity contribution in [1.29, 1.82) is 0 Å². The van der Waals surface area contributed by atoms with E-state index in [4.69, 9.17) is 16.3 Å². The monoisotopic (exact) mass is 490 g/mol. The van der Waals surface area contributed by atoms with Gasteiger partial charge in [-0.3, -0.25) is 4.79 Å². The maximum atomic E-state index is 13.3. The number of fused-ring (bicyclic) bond motifs is 1. The maximum absolute atomic E-state index is 13.3. The van der Waals surface area contributed by atoms with Gasteiger partial charge in [0.1, 0.15) is 11.4 Å². The minimum Gasteiger partial charge on any atom is -0.487 e. The standard InChI is InChI=1S/C25H31ClN2O4S/c1-3-25(4-2)17-22(19-10-6-7-11-23(19)32-25)27-24(29)20-16-18(12-13-21(20)26)33(30,31)28-14-8-5-9-15-28/h6-7,10-13,16,22H,3-5,8-9,14-15,17H2,1-2H3,(H,27,29)/t22-/m1/s1. The molecule has 8 heteroatoms. The Balaban J connectivity index is 1.63. The molecule has 0 radical (unpaired) electrons. The lowest BCUT2D eigenvalue weighted by Crippen LogP contribution is -2.44. The first-order chi connectivity index (χ1) is 15.8. The van der Waals surface area contributed by atoms with Crippen molar-refractivity contribution in [3.63, 3.8) is 0 Å². The molecule has 178 valence electrons. The number of ether oxygens (including phenoxy) is 1. The summed E-state index contributed by atoms with van der Waals surface area (Å²) in [6.07, 6.45) is 4.99. The van der Waals surface area contributed by atoms with Crippen LogP contribution in [0.5, 0.6) is 5.75 Å². The molecule has 2 aromatic carbocycles. The molecule has 2 heterocycles. The van der Waals surface area contributed by atoms with Gasteiger partial charge in [-0.05, 0) is 49.9 Å². The topological polar surface area (TPSA) is 75.7 Å². The van der Waals surface area contributed by atoms with Crippen LogP contribution in [0, 0.1) is 0 Å². The van der Waals surface area contributed by atoms with E-state index in [0.717, 1.165) is 43.4 Å². The lowest BCUT2D eigenvalue weighted by atomic mass is 9.83. The highest BCUT2D eigenvalue weighted by Crippen LogP contribution is 2.42. The Hall–Kier alpha value is -2.09. The van der Waals surface area contributed by atoms with Gasteiger partial charge in [-0.15, -0.1) is 0 Å². The molecule has 1 atom stereocenters. The van der Waals surface area contributed by atoms with E-state index >= 15 is 0 Å². The molecule has 33 heavy (non-hydrogen) atoms. The van der Waals surface area contributed by atoms with Crippen LogP contribution in [0.2, 0.25) is 5.02 Å². The smallest absolute Gasteiger partial charge is 0.253 e. The second-order valence-electron chi connectivity index (χ2n) is 8.87. The van der Waals surface area contributed by atoms with Gasteiger partial charge in [0.2, 0.25) is 10.0 Å². The summed E-state index contributed by atoms with van der Waals surface area (Å²) >= 11 is 6.36. The average molecular weight is 491 g/mol. The van der Waals surface area contributed by atoms with E-state index in [1.165, 1.54) is 22.5 Å². The number of hydrogen-bond donors (Lipinski definition) is 1. The summed E-state index contributed by atoms with van der Waals surface area (Å²) < 4.78 is 34.1. The molecular weight excluding hydrogens is 460 g/mol. The molecule has 6 nitrogen and oxygen atoms in total. The third kappa shape index (κ3) is 4.77. The lowest BCUT2D eigenvalue weighted by Gasteiger charge is -2.41. The number of piperidine rings is 1. The third-order valence-electron chi connectivity index (χ3n) is 6.93. The fraction of sp³-hybridized carbons (Fsp3) is 0.480. The summed E-state index contributed by atoms with van der Waals surface area (Å²) in [5.41, 5.74) is 0.712. The molecule has 1 N–H and O–H groups in total. The van der Waals surface area contributed by atoms with Crippen molar-refractivity contribution in [2.45, 2.75) is 68.9 Å². The minimum absolute atomic E-state index is 0.0998. The first-order valence-electron chi connectivity index (χ1n) is 11.7. The highest BCUT2D eigenvalue weighted by atomic mass is 35.5. The van der Waals surface area contributed by atoms with Crippen molar-refractivity contribution >= 4 is 27.5 Å².